The van der Waals surface area contributed by atoms with E-state index in [1.165, 1.54) is 6.20 Å². The van der Waals surface area contributed by atoms with Crippen molar-refractivity contribution in [3.8, 4) is 0 Å². The van der Waals surface area contributed by atoms with Crippen molar-refractivity contribution in [1.29, 1.82) is 0 Å². The number of hydrogen-bond donors (Lipinski definition) is 1. The molecule has 2 nitrogen and oxygen atoms in total. The second kappa shape index (κ2) is 6.05. The van der Waals surface area contributed by atoms with Gasteiger partial charge >= 0.3 is 0 Å². The predicted octanol–water partition coefficient (Wildman–Crippen LogP) is 1.45. The summed E-state index contributed by atoms with van der Waals surface area (Å²) in [5, 5.41) is 8.73. The van der Waals surface area contributed by atoms with Gasteiger partial charge in [-0.25, -0.2) is 0 Å². The van der Waals surface area contributed by atoms with Crippen LogP contribution in [0.15, 0.2) is 24.4 Å². The van der Waals surface area contributed by atoms with E-state index in [2.05, 4.69) is 12.2 Å². The summed E-state index contributed by atoms with van der Waals surface area (Å²) in [6.45, 7) is 0. The molecule has 0 bridgehead atoms. The molecule has 0 fully saturated rings. The fourth-order valence-corrected chi connectivity index (χ4v) is 0.558. The molecule has 0 saturated carbocycles. The topological polar surface area (TPSA) is 25.2 Å². The van der Waals surface area contributed by atoms with Crippen LogP contribution < -0.4 is 0 Å². The summed E-state index contributed by atoms with van der Waals surface area (Å²) in [6, 6.07) is 5.13. The van der Waals surface area contributed by atoms with Gasteiger partial charge in [-0.2, -0.15) is 4.73 Å². The van der Waals surface area contributed by atoms with Gasteiger partial charge in [0.05, 0.1) is 0 Å². The fourth-order valence-electron chi connectivity index (χ4n) is 0.419. The summed E-state index contributed by atoms with van der Waals surface area (Å²) < 4.78 is 1.32. The molecule has 0 aliphatic rings. The third kappa shape index (κ3) is 3.47. The first kappa shape index (κ1) is 12.9. The Bertz CT molecular complexity index is 239. The van der Waals surface area contributed by atoms with Crippen molar-refractivity contribution in [3.63, 3.8) is 0 Å². The summed E-state index contributed by atoms with van der Waals surface area (Å²) in [6.07, 6.45) is 1.49. The maximum atomic E-state index is 8.73. The maximum Gasteiger partial charge on any atom is 0.142 e. The van der Waals surface area contributed by atoms with E-state index >= 15 is 0 Å². The summed E-state index contributed by atoms with van der Waals surface area (Å²) in [5.41, 5.74) is 0. The van der Waals surface area contributed by atoms with Gasteiger partial charge in [-0.1, -0.05) is 18.3 Å². The fraction of sp³-hybridized carbons (Fsp3) is 0. The van der Waals surface area contributed by atoms with Crippen LogP contribution in [0.25, 0.3) is 0 Å². The molecule has 1 rings (SSSR count). The van der Waals surface area contributed by atoms with Crippen LogP contribution in [0, 0.1) is 4.64 Å². The number of aromatic nitrogens is 1. The minimum Gasteiger partial charge on any atom is -0.428 e. The van der Waals surface area contributed by atoms with Crippen molar-refractivity contribution in [2.75, 3.05) is 0 Å². The molecule has 1 aromatic heterocycles. The first-order valence-electron chi connectivity index (χ1n) is 2.17. The molecule has 0 spiro atoms. The van der Waals surface area contributed by atoms with Crippen molar-refractivity contribution < 1.29 is 41.8 Å². The van der Waals surface area contributed by atoms with Gasteiger partial charge in [0, 0.05) is 42.7 Å². The van der Waals surface area contributed by atoms with E-state index in [0.29, 0.717) is 4.64 Å². The van der Waals surface area contributed by atoms with Gasteiger partial charge < -0.3 is 5.21 Å². The van der Waals surface area contributed by atoms with Gasteiger partial charge in [-0.05, 0) is 12.1 Å². The van der Waals surface area contributed by atoms with Gasteiger partial charge in [-0.15, -0.1) is 0 Å². The zero-order chi connectivity index (χ0) is 5.98. The van der Waals surface area contributed by atoms with E-state index in [4.69, 9.17) is 5.21 Å². The molecule has 0 aliphatic carbocycles. The molecule has 1 aromatic rings. The van der Waals surface area contributed by atoms with Crippen LogP contribution in [0.3, 0.4) is 0 Å². The van der Waals surface area contributed by atoms with Gasteiger partial charge in [0.2, 0.25) is 0 Å². The number of pyridine rings is 1. The molecule has 5 heteroatoms. The third-order valence-electron chi connectivity index (χ3n) is 0.803. The summed E-state index contributed by atoms with van der Waals surface area (Å²) in [7, 11) is 0. The zero-order valence-electron chi connectivity index (χ0n) is 5.12. The largest absolute Gasteiger partial charge is 0.428 e. The first-order valence-corrected chi connectivity index (χ1v) is 2.58. The number of nitrogens with zero attached hydrogens (tertiary/aromatic N) is 1. The number of hydrogen-bond acceptors (Lipinski definition) is 2. The van der Waals surface area contributed by atoms with Crippen molar-refractivity contribution in [3.05, 3.63) is 29.0 Å². The average molecular weight is 256 g/mol. The average Bonchev–Trinajstić information content (AvgIpc) is 1.77. The van der Waals surface area contributed by atoms with Crippen molar-refractivity contribution in [2.45, 2.75) is 0 Å². The Hall–Kier alpha value is 0.313. The summed E-state index contributed by atoms with van der Waals surface area (Å²) in [4.78, 5) is 0. The predicted molar refractivity (Wildman–Crippen MR) is 32.5 cm³/mol. The Morgan fingerprint density at radius 2 is 2.00 bits per heavy atom. The van der Waals surface area contributed by atoms with E-state index in [0.717, 1.165) is 4.73 Å². The van der Waals surface area contributed by atoms with Crippen LogP contribution in [0.1, 0.15) is 0 Å². The molecule has 1 heterocycles. The Balaban J connectivity index is 0. The second-order valence-electron chi connectivity index (χ2n) is 1.38. The van der Waals surface area contributed by atoms with Crippen LogP contribution in [-0.4, -0.2) is 9.94 Å². The Morgan fingerprint density at radius 3 is 2.30 bits per heavy atom. The van der Waals surface area contributed by atoms with E-state index in [9.17, 15) is 0 Å². The van der Waals surface area contributed by atoms with Crippen LogP contribution in [0.4, 0.5) is 0 Å². The van der Waals surface area contributed by atoms with Crippen molar-refractivity contribution >= 4 is 12.2 Å². The molecule has 10 heavy (non-hydrogen) atoms. The SMILES string of the molecule is On1ccccc1=S.[Cu].[Zn]. The second-order valence-corrected chi connectivity index (χ2v) is 1.80. The number of rotatable bonds is 0. The maximum absolute atomic E-state index is 8.73. The Morgan fingerprint density at radius 1 is 1.40 bits per heavy atom. The standard InChI is InChI=1S/C5H5NOS.Cu.Zn/c7-6-4-2-1-3-5(6)8;;/h1-4,7H;;. The smallest absolute Gasteiger partial charge is 0.142 e. The molecular weight excluding hydrogens is 251 g/mol. The van der Waals surface area contributed by atoms with Gasteiger partial charge in [0.1, 0.15) is 4.64 Å². The molecule has 1 N–H and O–H groups in total. The normalized spacial score (nSPS) is 7.20. The van der Waals surface area contributed by atoms with Crippen molar-refractivity contribution in [2.24, 2.45) is 0 Å². The first-order chi connectivity index (χ1) is 3.80. The molecular formula is C5H5CuNOSZn. The zero-order valence-corrected chi connectivity index (χ0v) is 9.85. The summed E-state index contributed by atoms with van der Waals surface area (Å²) in [5.74, 6) is 0. The summed E-state index contributed by atoms with van der Waals surface area (Å²) >= 11 is 4.67. The Kier molecular flexibility index (Phi) is 7.83. The van der Waals surface area contributed by atoms with E-state index in [1.54, 1.807) is 18.2 Å². The van der Waals surface area contributed by atoms with Crippen LogP contribution in [0.2, 0.25) is 0 Å². The molecule has 0 saturated heterocycles. The van der Waals surface area contributed by atoms with Crippen LogP contribution in [-0.2, 0) is 36.5 Å². The van der Waals surface area contributed by atoms with Crippen LogP contribution in [0.5, 0.6) is 0 Å². The quantitative estimate of drug-likeness (QED) is 0.432. The molecule has 0 aliphatic heterocycles. The Labute approximate surface area is 87.4 Å². The minimum atomic E-state index is 0. The third-order valence-corrected chi connectivity index (χ3v) is 1.13. The molecule has 0 aromatic carbocycles. The van der Waals surface area contributed by atoms with E-state index in [1.807, 2.05) is 0 Å². The van der Waals surface area contributed by atoms with Crippen molar-refractivity contribution in [1.82, 2.24) is 4.73 Å². The van der Waals surface area contributed by atoms with Crippen LogP contribution >= 0.6 is 12.2 Å². The molecule has 55 valence electrons. The van der Waals surface area contributed by atoms with Gasteiger partial charge in [0.25, 0.3) is 0 Å². The molecule has 1 radical (unpaired) electrons. The minimum absolute atomic E-state index is 0. The molecule has 0 atom stereocenters. The monoisotopic (exact) mass is 254 g/mol. The van der Waals surface area contributed by atoms with E-state index < -0.39 is 0 Å². The molecule has 0 unspecified atom stereocenters. The molecule has 0 amide bonds. The van der Waals surface area contributed by atoms with Gasteiger partial charge in [-0.3, -0.25) is 0 Å². The van der Waals surface area contributed by atoms with E-state index in [-0.39, 0.29) is 36.5 Å². The van der Waals surface area contributed by atoms with Gasteiger partial charge in [0.15, 0.2) is 0 Å².